The van der Waals surface area contributed by atoms with Gasteiger partial charge in [0.1, 0.15) is 5.69 Å². The molecule has 1 aromatic carbocycles. The van der Waals surface area contributed by atoms with E-state index in [9.17, 15) is 4.79 Å². The molecule has 0 saturated carbocycles. The Morgan fingerprint density at radius 1 is 1.36 bits per heavy atom. The summed E-state index contributed by atoms with van der Waals surface area (Å²) >= 11 is 1.42. The van der Waals surface area contributed by atoms with Gasteiger partial charge in [0.05, 0.1) is 0 Å². The number of benzene rings is 1. The maximum atomic E-state index is 12.0. The smallest absolute Gasteiger partial charge is 0.270 e. The SMILES string of the molecule is CCOCCCNC(=O)c1csc(Nc2ccccc2C)n1. The molecule has 0 unspecified atom stereocenters. The second-order valence-electron chi connectivity index (χ2n) is 4.78. The number of amides is 1. The molecule has 0 radical (unpaired) electrons. The van der Waals surface area contributed by atoms with Crippen LogP contribution in [-0.4, -0.2) is 30.6 Å². The van der Waals surface area contributed by atoms with Gasteiger partial charge in [0.2, 0.25) is 0 Å². The standard InChI is InChI=1S/C16H21N3O2S/c1-3-21-10-6-9-17-15(20)14-11-22-16(19-14)18-13-8-5-4-7-12(13)2/h4-5,7-8,11H,3,6,9-10H2,1-2H3,(H,17,20)(H,18,19). The molecule has 0 atom stereocenters. The first-order chi connectivity index (χ1) is 10.7. The number of nitrogens with zero attached hydrogens (tertiary/aromatic N) is 1. The van der Waals surface area contributed by atoms with E-state index < -0.39 is 0 Å². The summed E-state index contributed by atoms with van der Waals surface area (Å²) in [5, 5.41) is 8.56. The number of hydrogen-bond acceptors (Lipinski definition) is 5. The Hall–Kier alpha value is -1.92. The molecule has 1 aromatic heterocycles. The summed E-state index contributed by atoms with van der Waals surface area (Å²) in [6, 6.07) is 7.98. The zero-order valence-corrected chi connectivity index (χ0v) is 13.7. The maximum absolute atomic E-state index is 12.0. The van der Waals surface area contributed by atoms with Crippen molar-refractivity contribution in [1.29, 1.82) is 0 Å². The van der Waals surface area contributed by atoms with Crippen LogP contribution in [-0.2, 0) is 4.74 Å². The lowest BCUT2D eigenvalue weighted by atomic mass is 10.2. The molecule has 22 heavy (non-hydrogen) atoms. The summed E-state index contributed by atoms with van der Waals surface area (Å²) in [4.78, 5) is 16.3. The van der Waals surface area contributed by atoms with Gasteiger partial charge in [-0.25, -0.2) is 4.98 Å². The largest absolute Gasteiger partial charge is 0.382 e. The van der Waals surface area contributed by atoms with Gasteiger partial charge >= 0.3 is 0 Å². The van der Waals surface area contributed by atoms with E-state index in [1.807, 2.05) is 38.1 Å². The van der Waals surface area contributed by atoms with E-state index in [4.69, 9.17) is 4.74 Å². The molecule has 0 bridgehead atoms. The summed E-state index contributed by atoms with van der Waals surface area (Å²) in [6.07, 6.45) is 0.804. The summed E-state index contributed by atoms with van der Waals surface area (Å²) < 4.78 is 5.23. The van der Waals surface area contributed by atoms with E-state index in [2.05, 4.69) is 15.6 Å². The Bertz CT molecular complexity index is 613. The van der Waals surface area contributed by atoms with Crippen LogP contribution >= 0.6 is 11.3 Å². The number of anilines is 2. The number of aryl methyl sites for hydroxylation is 1. The molecular weight excluding hydrogens is 298 g/mol. The number of para-hydroxylation sites is 1. The van der Waals surface area contributed by atoms with Crippen LogP contribution in [0.1, 0.15) is 29.4 Å². The van der Waals surface area contributed by atoms with E-state index in [0.717, 1.165) is 17.7 Å². The third-order valence-electron chi connectivity index (χ3n) is 3.08. The first kappa shape index (κ1) is 16.5. The molecule has 0 fully saturated rings. The molecule has 118 valence electrons. The predicted molar refractivity (Wildman–Crippen MR) is 90.0 cm³/mol. The van der Waals surface area contributed by atoms with Crippen LogP contribution in [0.3, 0.4) is 0 Å². The monoisotopic (exact) mass is 319 g/mol. The lowest BCUT2D eigenvalue weighted by Crippen LogP contribution is -2.25. The first-order valence-corrected chi connectivity index (χ1v) is 8.22. The lowest BCUT2D eigenvalue weighted by molar-refractivity contribution is 0.0940. The van der Waals surface area contributed by atoms with Gasteiger partial charge in [-0.3, -0.25) is 4.79 Å². The third-order valence-corrected chi connectivity index (χ3v) is 3.84. The molecular formula is C16H21N3O2S. The average Bonchev–Trinajstić information content (AvgIpc) is 2.98. The van der Waals surface area contributed by atoms with Crippen molar-refractivity contribution in [3.63, 3.8) is 0 Å². The van der Waals surface area contributed by atoms with Gasteiger partial charge in [-0.05, 0) is 31.9 Å². The van der Waals surface area contributed by atoms with Crippen LogP contribution in [0.4, 0.5) is 10.8 Å². The molecule has 5 nitrogen and oxygen atoms in total. The summed E-state index contributed by atoms with van der Waals surface area (Å²) in [6.45, 7) is 5.94. The molecule has 1 heterocycles. The normalized spacial score (nSPS) is 10.5. The highest BCUT2D eigenvalue weighted by atomic mass is 32.1. The Kier molecular flexibility index (Phi) is 6.36. The number of carbonyl (C=O) groups excluding carboxylic acids is 1. The fourth-order valence-corrected chi connectivity index (χ4v) is 2.58. The maximum Gasteiger partial charge on any atom is 0.270 e. The minimum Gasteiger partial charge on any atom is -0.382 e. The summed E-state index contributed by atoms with van der Waals surface area (Å²) in [5.41, 5.74) is 2.58. The van der Waals surface area contributed by atoms with Crippen LogP contribution in [0.5, 0.6) is 0 Å². The lowest BCUT2D eigenvalue weighted by Gasteiger charge is -2.05. The van der Waals surface area contributed by atoms with E-state index >= 15 is 0 Å². The molecule has 0 aliphatic rings. The first-order valence-electron chi connectivity index (χ1n) is 7.35. The number of aromatic nitrogens is 1. The molecule has 2 N–H and O–H groups in total. The predicted octanol–water partition coefficient (Wildman–Crippen LogP) is 3.35. The Balaban J connectivity index is 1.85. The average molecular weight is 319 g/mol. The van der Waals surface area contributed by atoms with Gasteiger partial charge in [0, 0.05) is 30.8 Å². The summed E-state index contributed by atoms with van der Waals surface area (Å²) in [5.74, 6) is -0.148. The summed E-state index contributed by atoms with van der Waals surface area (Å²) in [7, 11) is 0. The minimum atomic E-state index is -0.148. The van der Waals surface area contributed by atoms with E-state index in [-0.39, 0.29) is 5.91 Å². The van der Waals surface area contributed by atoms with Gasteiger partial charge < -0.3 is 15.4 Å². The van der Waals surface area contributed by atoms with E-state index in [1.54, 1.807) is 5.38 Å². The topological polar surface area (TPSA) is 63.2 Å². The Morgan fingerprint density at radius 2 is 2.18 bits per heavy atom. The van der Waals surface area contributed by atoms with Gasteiger partial charge in [0.25, 0.3) is 5.91 Å². The van der Waals surface area contributed by atoms with Crippen LogP contribution in [0.25, 0.3) is 0 Å². The molecule has 0 aliphatic carbocycles. The number of nitrogens with one attached hydrogen (secondary N) is 2. The van der Waals surface area contributed by atoms with Crippen LogP contribution in [0.15, 0.2) is 29.6 Å². The Labute approximate surface area is 134 Å². The molecule has 0 aliphatic heterocycles. The highest BCUT2D eigenvalue weighted by Gasteiger charge is 2.10. The van der Waals surface area contributed by atoms with Crippen molar-refractivity contribution in [3.8, 4) is 0 Å². The quantitative estimate of drug-likeness (QED) is 0.732. The van der Waals surface area contributed by atoms with Gasteiger partial charge in [-0.2, -0.15) is 0 Å². The number of thiazole rings is 1. The number of hydrogen-bond donors (Lipinski definition) is 2. The van der Waals surface area contributed by atoms with Crippen LogP contribution in [0.2, 0.25) is 0 Å². The molecule has 2 rings (SSSR count). The zero-order chi connectivity index (χ0) is 15.8. The van der Waals surface area contributed by atoms with Gasteiger partial charge in [-0.1, -0.05) is 18.2 Å². The highest BCUT2D eigenvalue weighted by Crippen LogP contribution is 2.23. The van der Waals surface area contributed by atoms with Crippen molar-refractivity contribution in [1.82, 2.24) is 10.3 Å². The second kappa shape index (κ2) is 8.51. The molecule has 2 aromatic rings. The van der Waals surface area contributed by atoms with Gasteiger partial charge in [-0.15, -0.1) is 11.3 Å². The van der Waals surface area contributed by atoms with Crippen LogP contribution < -0.4 is 10.6 Å². The van der Waals surface area contributed by atoms with Crippen LogP contribution in [0, 0.1) is 6.92 Å². The fourth-order valence-electron chi connectivity index (χ4n) is 1.87. The molecule has 0 saturated heterocycles. The van der Waals surface area contributed by atoms with Crippen molar-refractivity contribution < 1.29 is 9.53 Å². The van der Waals surface area contributed by atoms with Gasteiger partial charge in [0.15, 0.2) is 5.13 Å². The fraction of sp³-hybridized carbons (Fsp3) is 0.375. The van der Waals surface area contributed by atoms with Crippen molar-refractivity contribution in [3.05, 3.63) is 40.9 Å². The van der Waals surface area contributed by atoms with Crippen molar-refractivity contribution in [2.24, 2.45) is 0 Å². The van der Waals surface area contributed by atoms with Crippen molar-refractivity contribution in [2.45, 2.75) is 20.3 Å². The molecule has 0 spiro atoms. The number of ether oxygens (including phenoxy) is 1. The minimum absolute atomic E-state index is 0.148. The molecule has 1 amide bonds. The van der Waals surface area contributed by atoms with E-state index in [1.165, 1.54) is 11.3 Å². The molecule has 6 heteroatoms. The van der Waals surface area contributed by atoms with Crippen molar-refractivity contribution >= 4 is 28.1 Å². The number of rotatable bonds is 8. The van der Waals surface area contributed by atoms with E-state index in [0.29, 0.717) is 30.6 Å². The Morgan fingerprint density at radius 3 is 2.95 bits per heavy atom. The van der Waals surface area contributed by atoms with Crippen molar-refractivity contribution in [2.75, 3.05) is 25.1 Å². The third kappa shape index (κ3) is 4.82. The number of carbonyl (C=O) groups is 1. The zero-order valence-electron chi connectivity index (χ0n) is 12.9. The second-order valence-corrected chi connectivity index (χ2v) is 5.64. The highest BCUT2D eigenvalue weighted by molar-refractivity contribution is 7.14.